The molecule has 2 aromatic rings. The van der Waals surface area contributed by atoms with Gasteiger partial charge in [-0.3, -0.25) is 4.72 Å². The van der Waals surface area contributed by atoms with E-state index >= 15 is 0 Å². The summed E-state index contributed by atoms with van der Waals surface area (Å²) in [4.78, 5) is 11.5. The number of sulfonamides is 1. The summed E-state index contributed by atoms with van der Waals surface area (Å²) in [6.07, 6.45) is 0. The third kappa shape index (κ3) is 3.71. The predicted octanol–water partition coefficient (Wildman–Crippen LogP) is 3.58. The van der Waals surface area contributed by atoms with E-state index in [1.54, 1.807) is 0 Å². The van der Waals surface area contributed by atoms with E-state index in [0.29, 0.717) is 5.02 Å². The highest BCUT2D eigenvalue weighted by Gasteiger charge is 2.16. The average molecular weight is 360 g/mol. The van der Waals surface area contributed by atoms with Gasteiger partial charge in [-0.1, -0.05) is 23.2 Å². The first-order valence-corrected chi connectivity index (χ1v) is 8.23. The van der Waals surface area contributed by atoms with Gasteiger partial charge in [0, 0.05) is 5.02 Å². The van der Waals surface area contributed by atoms with Crippen molar-refractivity contribution >= 4 is 44.9 Å². The molecule has 0 aliphatic heterocycles. The Morgan fingerprint density at radius 3 is 2.27 bits per heavy atom. The fourth-order valence-electron chi connectivity index (χ4n) is 1.68. The predicted molar refractivity (Wildman–Crippen MR) is 85.1 cm³/mol. The minimum Gasteiger partial charge on any atom is -0.465 e. The van der Waals surface area contributed by atoms with Gasteiger partial charge in [-0.15, -0.1) is 0 Å². The van der Waals surface area contributed by atoms with E-state index < -0.39 is 16.0 Å². The van der Waals surface area contributed by atoms with Crippen molar-refractivity contribution in [3.63, 3.8) is 0 Å². The Morgan fingerprint density at radius 1 is 1.09 bits per heavy atom. The molecule has 0 saturated carbocycles. The smallest absolute Gasteiger partial charge is 0.339 e. The lowest BCUT2D eigenvalue weighted by molar-refractivity contribution is 0.0601. The Hall–Kier alpha value is -1.76. The molecular formula is C14H11Cl2NO4S. The van der Waals surface area contributed by atoms with Crippen molar-refractivity contribution in [3.05, 3.63) is 58.1 Å². The zero-order valence-corrected chi connectivity index (χ0v) is 13.7. The third-order valence-corrected chi connectivity index (χ3v) is 4.71. The molecule has 8 heteroatoms. The first-order valence-electron chi connectivity index (χ1n) is 6.00. The van der Waals surface area contributed by atoms with Crippen molar-refractivity contribution in [3.8, 4) is 0 Å². The molecule has 0 unspecified atom stereocenters. The number of esters is 1. The van der Waals surface area contributed by atoms with Crippen LogP contribution in [0.5, 0.6) is 0 Å². The number of anilines is 1. The first kappa shape index (κ1) is 16.6. The van der Waals surface area contributed by atoms with Gasteiger partial charge >= 0.3 is 5.97 Å². The van der Waals surface area contributed by atoms with Crippen molar-refractivity contribution in [2.24, 2.45) is 0 Å². The molecule has 22 heavy (non-hydrogen) atoms. The van der Waals surface area contributed by atoms with Crippen LogP contribution in [0.3, 0.4) is 0 Å². The van der Waals surface area contributed by atoms with Crippen molar-refractivity contribution in [1.29, 1.82) is 0 Å². The van der Waals surface area contributed by atoms with E-state index in [0.717, 1.165) is 0 Å². The van der Waals surface area contributed by atoms with Gasteiger partial charge in [0.15, 0.2) is 0 Å². The summed E-state index contributed by atoms with van der Waals surface area (Å²) >= 11 is 11.7. The van der Waals surface area contributed by atoms with Crippen molar-refractivity contribution < 1.29 is 17.9 Å². The lowest BCUT2D eigenvalue weighted by Crippen LogP contribution is -2.13. The molecule has 116 valence electrons. The lowest BCUT2D eigenvalue weighted by Gasteiger charge is -2.10. The van der Waals surface area contributed by atoms with Crippen LogP contribution >= 0.6 is 23.2 Å². The summed E-state index contributed by atoms with van der Waals surface area (Å²) in [5.74, 6) is -0.600. The van der Waals surface area contributed by atoms with Crippen molar-refractivity contribution in [2.75, 3.05) is 11.8 Å². The van der Waals surface area contributed by atoms with Gasteiger partial charge in [-0.05, 0) is 42.5 Å². The maximum absolute atomic E-state index is 12.2. The van der Waals surface area contributed by atoms with Crippen LogP contribution in [0.2, 0.25) is 10.0 Å². The fraction of sp³-hybridized carbons (Fsp3) is 0.0714. The van der Waals surface area contributed by atoms with Crippen LogP contribution in [0, 0.1) is 0 Å². The molecule has 0 radical (unpaired) electrons. The molecule has 0 bridgehead atoms. The second-order valence-electron chi connectivity index (χ2n) is 4.25. The second-order valence-corrected chi connectivity index (χ2v) is 6.77. The second kappa shape index (κ2) is 6.56. The van der Waals surface area contributed by atoms with Gasteiger partial charge in [-0.2, -0.15) is 0 Å². The van der Waals surface area contributed by atoms with E-state index in [9.17, 15) is 13.2 Å². The van der Waals surface area contributed by atoms with Crippen molar-refractivity contribution in [2.45, 2.75) is 4.90 Å². The zero-order chi connectivity index (χ0) is 16.3. The molecule has 0 atom stereocenters. The summed E-state index contributed by atoms with van der Waals surface area (Å²) < 4.78 is 31.4. The monoisotopic (exact) mass is 359 g/mol. The standard InChI is InChI=1S/C14H11Cl2NO4S/c1-21-14(18)12-7-4-10(8-13(12)16)17-22(19,20)11-5-2-9(15)3-6-11/h2-8,17H,1H3. The fourth-order valence-corrected chi connectivity index (χ4v) is 3.12. The van der Waals surface area contributed by atoms with Crippen LogP contribution < -0.4 is 4.72 Å². The molecule has 5 nitrogen and oxygen atoms in total. The molecule has 0 fully saturated rings. The molecule has 2 aromatic carbocycles. The molecule has 0 aliphatic rings. The molecule has 1 N–H and O–H groups in total. The highest BCUT2D eigenvalue weighted by Crippen LogP contribution is 2.24. The van der Waals surface area contributed by atoms with Crippen molar-refractivity contribution in [1.82, 2.24) is 0 Å². The SMILES string of the molecule is COC(=O)c1ccc(NS(=O)(=O)c2ccc(Cl)cc2)cc1Cl. The number of ether oxygens (including phenoxy) is 1. The van der Waals surface area contributed by atoms with E-state index in [1.807, 2.05) is 0 Å². The quantitative estimate of drug-likeness (QED) is 0.846. The van der Waals surface area contributed by atoms with Gasteiger partial charge in [-0.25, -0.2) is 13.2 Å². The largest absolute Gasteiger partial charge is 0.465 e. The van der Waals surface area contributed by atoms with Gasteiger partial charge < -0.3 is 4.74 Å². The van der Waals surface area contributed by atoms with Crippen LogP contribution in [0.4, 0.5) is 5.69 Å². The molecule has 0 aliphatic carbocycles. The Bertz CT molecular complexity index is 804. The number of nitrogens with one attached hydrogen (secondary N) is 1. The summed E-state index contributed by atoms with van der Waals surface area (Å²) in [6, 6.07) is 9.86. The summed E-state index contributed by atoms with van der Waals surface area (Å²) in [6.45, 7) is 0. The number of methoxy groups -OCH3 is 1. The Balaban J connectivity index is 2.28. The van der Waals surface area contributed by atoms with Gasteiger partial charge in [0.25, 0.3) is 10.0 Å². The van der Waals surface area contributed by atoms with Gasteiger partial charge in [0.1, 0.15) is 0 Å². The van der Waals surface area contributed by atoms with Crippen LogP contribution in [0.15, 0.2) is 47.4 Å². The minimum absolute atomic E-state index is 0.0602. The highest BCUT2D eigenvalue weighted by molar-refractivity contribution is 7.92. The zero-order valence-electron chi connectivity index (χ0n) is 11.3. The van der Waals surface area contributed by atoms with Crippen LogP contribution in [0.1, 0.15) is 10.4 Å². The maximum atomic E-state index is 12.2. The highest BCUT2D eigenvalue weighted by atomic mass is 35.5. The Kier molecular flexibility index (Phi) is 4.95. The lowest BCUT2D eigenvalue weighted by atomic mass is 10.2. The number of rotatable bonds is 4. The van der Waals surface area contributed by atoms with E-state index in [4.69, 9.17) is 23.2 Å². The molecule has 0 aromatic heterocycles. The van der Waals surface area contributed by atoms with Crippen LogP contribution in [-0.2, 0) is 14.8 Å². The van der Waals surface area contributed by atoms with E-state index in [-0.39, 0.29) is 21.2 Å². The first-order chi connectivity index (χ1) is 10.3. The summed E-state index contributed by atoms with van der Waals surface area (Å²) in [7, 11) is -2.54. The van der Waals surface area contributed by atoms with E-state index in [2.05, 4.69) is 9.46 Å². The molecule has 0 amide bonds. The normalized spacial score (nSPS) is 11.0. The summed E-state index contributed by atoms with van der Waals surface area (Å²) in [5, 5.41) is 0.521. The van der Waals surface area contributed by atoms with Crippen LogP contribution in [0.25, 0.3) is 0 Å². The number of carbonyl (C=O) groups is 1. The van der Waals surface area contributed by atoms with Crippen LogP contribution in [-0.4, -0.2) is 21.5 Å². The Morgan fingerprint density at radius 2 is 1.73 bits per heavy atom. The molecule has 0 heterocycles. The molecule has 0 saturated heterocycles. The number of carbonyl (C=O) groups excluding carboxylic acids is 1. The third-order valence-electron chi connectivity index (χ3n) is 2.75. The van der Waals surface area contributed by atoms with Gasteiger partial charge in [0.2, 0.25) is 0 Å². The number of hydrogen-bond acceptors (Lipinski definition) is 4. The Labute approximate surface area is 137 Å². The molecular weight excluding hydrogens is 349 g/mol. The van der Waals surface area contributed by atoms with Gasteiger partial charge in [0.05, 0.1) is 28.3 Å². The van der Waals surface area contributed by atoms with E-state index in [1.165, 1.54) is 49.6 Å². The molecule has 2 rings (SSSR count). The number of benzene rings is 2. The number of hydrogen-bond donors (Lipinski definition) is 1. The maximum Gasteiger partial charge on any atom is 0.339 e. The molecule has 0 spiro atoms. The summed E-state index contributed by atoms with van der Waals surface area (Å²) in [5.41, 5.74) is 0.381. The average Bonchev–Trinajstić information content (AvgIpc) is 2.46. The minimum atomic E-state index is -3.77. The topological polar surface area (TPSA) is 72.5 Å². The number of halogens is 2.